The average Bonchev–Trinajstić information content (AvgIpc) is 2.47. The van der Waals surface area contributed by atoms with Gasteiger partial charge in [-0.1, -0.05) is 0 Å². The summed E-state index contributed by atoms with van der Waals surface area (Å²) >= 11 is 1.98. The molecule has 4 N–H and O–H groups in total. The first-order chi connectivity index (χ1) is 9.53. The predicted molar refractivity (Wildman–Crippen MR) is 85.6 cm³/mol. The van der Waals surface area contributed by atoms with Gasteiger partial charge in [0.25, 0.3) is 0 Å². The third-order valence-corrected chi connectivity index (χ3v) is 5.99. The molecule has 1 fully saturated rings. The smallest absolute Gasteiger partial charge is 0.242 e. The minimum absolute atomic E-state index is 0.213. The molecule has 0 bridgehead atoms. The van der Waals surface area contributed by atoms with Gasteiger partial charge in [0.05, 0.1) is 5.69 Å². The third kappa shape index (κ3) is 3.80. The normalized spacial score (nSPS) is 17.1. The first kappa shape index (κ1) is 15.5. The fourth-order valence-corrected chi connectivity index (χ4v) is 4.37. The fraction of sp³-hybridized carbons (Fsp3) is 0.538. The number of benzene rings is 1. The first-order valence-electron chi connectivity index (χ1n) is 6.67. The van der Waals surface area contributed by atoms with Crippen LogP contribution in [0.15, 0.2) is 23.1 Å². The van der Waals surface area contributed by atoms with Crippen molar-refractivity contribution in [1.29, 1.82) is 0 Å². The topological polar surface area (TPSA) is 84.2 Å². The molecule has 0 aliphatic carbocycles. The second-order valence-electron chi connectivity index (χ2n) is 4.90. The van der Waals surface area contributed by atoms with Gasteiger partial charge in [-0.25, -0.2) is 13.1 Å². The lowest BCUT2D eigenvalue weighted by molar-refractivity contribution is 0.515. The molecular weight excluding hydrogens is 294 g/mol. The van der Waals surface area contributed by atoms with Crippen LogP contribution in [0.25, 0.3) is 0 Å². The van der Waals surface area contributed by atoms with Gasteiger partial charge in [0.2, 0.25) is 10.0 Å². The van der Waals surface area contributed by atoms with Crippen LogP contribution in [0.3, 0.4) is 0 Å². The van der Waals surface area contributed by atoms with Gasteiger partial charge in [-0.2, -0.15) is 11.8 Å². The van der Waals surface area contributed by atoms with E-state index in [1.54, 1.807) is 12.1 Å². The number of nitrogens with one attached hydrogen (secondary N) is 2. The molecule has 112 valence electrons. The van der Waals surface area contributed by atoms with Gasteiger partial charge in [0, 0.05) is 12.2 Å². The number of anilines is 2. The second-order valence-corrected chi connectivity index (χ2v) is 7.98. The predicted octanol–water partition coefficient (Wildman–Crippen LogP) is 1.73. The highest BCUT2D eigenvalue weighted by Gasteiger charge is 2.19. The maximum absolute atomic E-state index is 12.0. The zero-order valence-corrected chi connectivity index (χ0v) is 13.2. The Kier molecular flexibility index (Phi) is 5.17. The summed E-state index contributed by atoms with van der Waals surface area (Å²) in [4.78, 5) is 0.213. The number of thioether (sulfide) groups is 1. The van der Waals surface area contributed by atoms with Crippen LogP contribution < -0.4 is 15.8 Å². The largest absolute Gasteiger partial charge is 0.399 e. The molecule has 0 saturated carbocycles. The molecule has 1 aliphatic heterocycles. The maximum atomic E-state index is 12.0. The Balaban J connectivity index is 2.14. The van der Waals surface area contributed by atoms with Crippen molar-refractivity contribution in [3.8, 4) is 0 Å². The van der Waals surface area contributed by atoms with Crippen molar-refractivity contribution in [2.24, 2.45) is 5.92 Å². The lowest BCUT2D eigenvalue weighted by atomic mass is 10.0. The van der Waals surface area contributed by atoms with Gasteiger partial charge in [-0.05, 0) is 55.5 Å². The van der Waals surface area contributed by atoms with Crippen LogP contribution in [0, 0.1) is 5.92 Å². The second kappa shape index (κ2) is 6.69. The van der Waals surface area contributed by atoms with E-state index >= 15 is 0 Å². The molecule has 2 rings (SSSR count). The third-order valence-electron chi connectivity index (χ3n) is 3.49. The van der Waals surface area contributed by atoms with Gasteiger partial charge in [-0.15, -0.1) is 0 Å². The molecule has 0 amide bonds. The number of hydrogen-bond acceptors (Lipinski definition) is 5. The van der Waals surface area contributed by atoms with Crippen LogP contribution in [-0.4, -0.2) is 33.5 Å². The molecule has 0 aromatic heterocycles. The van der Waals surface area contributed by atoms with Crippen molar-refractivity contribution in [2.75, 3.05) is 36.1 Å². The molecule has 1 aliphatic rings. The monoisotopic (exact) mass is 315 g/mol. The summed E-state index contributed by atoms with van der Waals surface area (Å²) in [6.07, 6.45) is 2.36. The highest BCUT2D eigenvalue weighted by molar-refractivity contribution is 7.99. The van der Waals surface area contributed by atoms with E-state index in [1.807, 2.05) is 11.8 Å². The molecule has 0 spiro atoms. The standard InChI is InChI=1S/C13H21N3O2S2/c1-15-20(17,18)13-8-11(14)2-3-12(13)16-9-10-4-6-19-7-5-10/h2-3,8,10,15-16H,4-7,9,14H2,1H3. The van der Waals surface area contributed by atoms with Gasteiger partial charge < -0.3 is 11.1 Å². The Morgan fingerprint density at radius 2 is 2.05 bits per heavy atom. The molecule has 20 heavy (non-hydrogen) atoms. The molecule has 7 heteroatoms. The number of hydrogen-bond donors (Lipinski definition) is 3. The minimum atomic E-state index is -3.50. The van der Waals surface area contributed by atoms with E-state index in [9.17, 15) is 8.42 Å². The lowest BCUT2D eigenvalue weighted by Crippen LogP contribution is -2.23. The fourth-order valence-electron chi connectivity index (χ4n) is 2.22. The Morgan fingerprint density at radius 1 is 1.35 bits per heavy atom. The maximum Gasteiger partial charge on any atom is 0.242 e. The van der Waals surface area contributed by atoms with Gasteiger partial charge in [0.15, 0.2) is 0 Å². The van der Waals surface area contributed by atoms with E-state index in [-0.39, 0.29) is 4.90 Å². The quantitative estimate of drug-likeness (QED) is 0.721. The molecule has 1 saturated heterocycles. The van der Waals surface area contributed by atoms with Crippen molar-refractivity contribution in [3.05, 3.63) is 18.2 Å². The lowest BCUT2D eigenvalue weighted by Gasteiger charge is -2.22. The summed E-state index contributed by atoms with van der Waals surface area (Å²) in [6, 6.07) is 4.94. The van der Waals surface area contributed by atoms with Crippen molar-refractivity contribution >= 4 is 33.2 Å². The van der Waals surface area contributed by atoms with E-state index in [4.69, 9.17) is 5.73 Å². The van der Waals surface area contributed by atoms with Crippen molar-refractivity contribution in [1.82, 2.24) is 4.72 Å². The van der Waals surface area contributed by atoms with Gasteiger partial charge in [0.1, 0.15) is 4.90 Å². The molecule has 0 radical (unpaired) electrons. The summed E-state index contributed by atoms with van der Waals surface area (Å²) in [6.45, 7) is 0.802. The van der Waals surface area contributed by atoms with Crippen LogP contribution >= 0.6 is 11.8 Å². The first-order valence-corrected chi connectivity index (χ1v) is 9.31. The van der Waals surface area contributed by atoms with E-state index < -0.39 is 10.0 Å². The summed E-state index contributed by atoms with van der Waals surface area (Å²) in [5.41, 5.74) is 6.76. The van der Waals surface area contributed by atoms with Crippen LogP contribution in [-0.2, 0) is 10.0 Å². The van der Waals surface area contributed by atoms with Crippen LogP contribution in [0.2, 0.25) is 0 Å². The Hall–Kier alpha value is -0.920. The summed E-state index contributed by atoms with van der Waals surface area (Å²) in [7, 11) is -2.10. The van der Waals surface area contributed by atoms with Crippen LogP contribution in [0.5, 0.6) is 0 Å². The number of rotatable bonds is 5. The van der Waals surface area contributed by atoms with Gasteiger partial charge in [-0.3, -0.25) is 0 Å². The summed E-state index contributed by atoms with van der Waals surface area (Å²) in [5, 5.41) is 3.27. The van der Waals surface area contributed by atoms with Gasteiger partial charge >= 0.3 is 0 Å². The SMILES string of the molecule is CNS(=O)(=O)c1cc(N)ccc1NCC1CCSCC1. The number of sulfonamides is 1. The Bertz CT molecular complexity index is 555. The molecular formula is C13H21N3O2S2. The van der Waals surface area contributed by atoms with Crippen LogP contribution in [0.4, 0.5) is 11.4 Å². The van der Waals surface area contributed by atoms with Crippen molar-refractivity contribution < 1.29 is 8.42 Å². The molecule has 1 aromatic rings. The number of nitrogen functional groups attached to an aromatic ring is 1. The van der Waals surface area contributed by atoms with E-state index in [0.29, 0.717) is 17.3 Å². The van der Waals surface area contributed by atoms with E-state index in [2.05, 4.69) is 10.0 Å². The number of nitrogens with two attached hydrogens (primary N) is 1. The van der Waals surface area contributed by atoms with Crippen LogP contribution in [0.1, 0.15) is 12.8 Å². The zero-order chi connectivity index (χ0) is 14.6. The average molecular weight is 315 g/mol. The summed E-state index contributed by atoms with van der Waals surface area (Å²) in [5.74, 6) is 2.99. The Labute approximate surface area is 124 Å². The molecule has 5 nitrogen and oxygen atoms in total. The van der Waals surface area contributed by atoms with E-state index in [0.717, 1.165) is 6.54 Å². The molecule has 1 heterocycles. The molecule has 1 aromatic carbocycles. The molecule has 0 atom stereocenters. The Morgan fingerprint density at radius 3 is 2.70 bits per heavy atom. The highest BCUT2D eigenvalue weighted by Crippen LogP contribution is 2.26. The minimum Gasteiger partial charge on any atom is -0.399 e. The summed E-state index contributed by atoms with van der Waals surface area (Å²) < 4.78 is 26.4. The van der Waals surface area contributed by atoms with Crippen molar-refractivity contribution in [3.63, 3.8) is 0 Å². The zero-order valence-electron chi connectivity index (χ0n) is 11.6. The van der Waals surface area contributed by atoms with Crippen molar-refractivity contribution in [2.45, 2.75) is 17.7 Å². The molecule has 0 unspecified atom stereocenters. The highest BCUT2D eigenvalue weighted by atomic mass is 32.2. The van der Waals surface area contributed by atoms with E-state index in [1.165, 1.54) is 37.5 Å².